The molecule has 1 aromatic heterocycles. The molecule has 1 atom stereocenters. The molecule has 2 aromatic rings. The molecule has 1 aromatic carbocycles. The van der Waals surface area contributed by atoms with E-state index in [1.54, 1.807) is 6.07 Å². The molecule has 1 aliphatic heterocycles. The summed E-state index contributed by atoms with van der Waals surface area (Å²) in [7, 11) is 0. The first-order valence-corrected chi connectivity index (χ1v) is 9.60. The van der Waals surface area contributed by atoms with Crippen molar-refractivity contribution in [3.8, 4) is 0 Å². The van der Waals surface area contributed by atoms with Gasteiger partial charge in [-0.25, -0.2) is 13.2 Å². The molecule has 0 aliphatic carbocycles. The van der Waals surface area contributed by atoms with Crippen molar-refractivity contribution < 1.29 is 27.4 Å². The van der Waals surface area contributed by atoms with Crippen molar-refractivity contribution >= 4 is 17.4 Å². The van der Waals surface area contributed by atoms with E-state index in [2.05, 4.69) is 15.3 Å². The molecular formula is C21H23F3N4O3. The van der Waals surface area contributed by atoms with Crippen molar-refractivity contribution in [3.63, 3.8) is 0 Å². The van der Waals surface area contributed by atoms with Crippen molar-refractivity contribution in [2.24, 2.45) is 10.7 Å². The van der Waals surface area contributed by atoms with Gasteiger partial charge in [0.1, 0.15) is 30.6 Å². The third-order valence-electron chi connectivity index (χ3n) is 4.89. The Hall–Kier alpha value is -2.98. The highest BCUT2D eigenvalue weighted by Crippen LogP contribution is 2.44. The number of nitrogens with one attached hydrogen (secondary N) is 1. The lowest BCUT2D eigenvalue weighted by Gasteiger charge is -2.33. The lowest BCUT2D eigenvalue weighted by molar-refractivity contribution is -0.116. The van der Waals surface area contributed by atoms with E-state index in [4.69, 9.17) is 15.2 Å². The van der Waals surface area contributed by atoms with Crippen molar-refractivity contribution in [3.05, 3.63) is 59.2 Å². The normalized spacial score (nSPS) is 20.6. The Morgan fingerprint density at radius 2 is 2.10 bits per heavy atom. The van der Waals surface area contributed by atoms with E-state index in [1.807, 2.05) is 6.92 Å². The Balaban J connectivity index is 1.87. The fourth-order valence-electron chi connectivity index (χ4n) is 3.12. The number of aromatic nitrogens is 1. The molecule has 3 rings (SSSR count). The number of amides is 1. The van der Waals surface area contributed by atoms with E-state index < -0.39 is 35.4 Å². The highest BCUT2D eigenvalue weighted by Gasteiger charge is 2.54. The number of ether oxygens (including phenoxy) is 2. The first-order valence-electron chi connectivity index (χ1n) is 9.60. The average molecular weight is 436 g/mol. The zero-order valence-corrected chi connectivity index (χ0v) is 17.1. The summed E-state index contributed by atoms with van der Waals surface area (Å²) in [6.07, 6.45) is 1.51. The monoisotopic (exact) mass is 436 g/mol. The summed E-state index contributed by atoms with van der Waals surface area (Å²) in [4.78, 5) is 20.4. The topological polar surface area (TPSA) is 98.8 Å². The van der Waals surface area contributed by atoms with E-state index >= 15 is 0 Å². The minimum absolute atomic E-state index is 0.104. The summed E-state index contributed by atoms with van der Waals surface area (Å²) in [5.41, 5.74) is 3.93. The molecule has 7 nitrogen and oxygen atoms in total. The van der Waals surface area contributed by atoms with Crippen LogP contribution in [0.3, 0.4) is 0 Å². The number of nitrogens with two attached hydrogens (primary N) is 1. The first kappa shape index (κ1) is 22.7. The molecule has 2 heterocycles. The smallest absolute Gasteiger partial charge is 0.299 e. The van der Waals surface area contributed by atoms with Gasteiger partial charge in [-0.3, -0.25) is 14.8 Å². The number of halogens is 3. The number of carbonyl (C=O) groups is 1. The van der Waals surface area contributed by atoms with Gasteiger partial charge in [0.25, 0.3) is 11.8 Å². The molecule has 166 valence electrons. The van der Waals surface area contributed by atoms with Gasteiger partial charge < -0.3 is 20.5 Å². The number of benzene rings is 1. The largest absolute Gasteiger partial charge is 0.385 e. The summed E-state index contributed by atoms with van der Waals surface area (Å²) < 4.78 is 54.3. The van der Waals surface area contributed by atoms with Gasteiger partial charge in [-0.1, -0.05) is 6.07 Å². The number of hydrogen-bond donors (Lipinski definition) is 2. The van der Waals surface area contributed by atoms with Crippen LogP contribution in [0.15, 0.2) is 41.5 Å². The van der Waals surface area contributed by atoms with Gasteiger partial charge in [0.2, 0.25) is 0 Å². The van der Waals surface area contributed by atoms with Crippen LogP contribution in [0.2, 0.25) is 0 Å². The molecule has 31 heavy (non-hydrogen) atoms. The Kier molecular flexibility index (Phi) is 6.61. The lowest BCUT2D eigenvalue weighted by atomic mass is 9.85. The Labute approximate surface area is 177 Å². The molecule has 0 spiro atoms. The van der Waals surface area contributed by atoms with E-state index in [0.717, 1.165) is 24.6 Å². The van der Waals surface area contributed by atoms with Crippen molar-refractivity contribution in [2.75, 3.05) is 25.1 Å². The lowest BCUT2D eigenvalue weighted by Crippen LogP contribution is -2.45. The SMILES string of the molecule is CCOCc1ccc(C(=O)Nc2ccc(F)c(C3(C)N=C(N)COCC3(F)F)c2)nc1. The van der Waals surface area contributed by atoms with E-state index in [9.17, 15) is 18.0 Å². The highest BCUT2D eigenvalue weighted by atomic mass is 19.3. The standard InChI is InChI=1S/C21H23F3N4O3/c1-3-30-10-13-4-7-17(26-9-13)19(29)27-14-5-6-16(22)15(8-14)20(2)21(23,24)12-31-11-18(25)28-20/h4-9H,3,10-12H2,1-2H3,(H2,25,28)(H,27,29). The molecule has 0 saturated carbocycles. The van der Waals surface area contributed by atoms with Gasteiger partial charge in [0, 0.05) is 24.1 Å². The fourth-order valence-corrected chi connectivity index (χ4v) is 3.12. The maximum Gasteiger partial charge on any atom is 0.299 e. The molecule has 3 N–H and O–H groups in total. The van der Waals surface area contributed by atoms with Gasteiger partial charge in [0.05, 0.1) is 6.61 Å². The van der Waals surface area contributed by atoms with Crippen LogP contribution in [0.1, 0.15) is 35.5 Å². The van der Waals surface area contributed by atoms with Crippen LogP contribution in [0.5, 0.6) is 0 Å². The number of nitrogens with zero attached hydrogens (tertiary/aromatic N) is 2. The quantitative estimate of drug-likeness (QED) is 0.724. The van der Waals surface area contributed by atoms with E-state index in [1.165, 1.54) is 18.3 Å². The van der Waals surface area contributed by atoms with Gasteiger partial charge in [-0.2, -0.15) is 0 Å². The van der Waals surface area contributed by atoms with Crippen LogP contribution in [0.4, 0.5) is 18.9 Å². The van der Waals surface area contributed by atoms with Gasteiger partial charge in [-0.05, 0) is 43.7 Å². The molecule has 0 radical (unpaired) electrons. The van der Waals surface area contributed by atoms with Crippen molar-refractivity contribution in [1.82, 2.24) is 4.98 Å². The molecule has 1 unspecified atom stereocenters. The van der Waals surface area contributed by atoms with Crippen molar-refractivity contribution in [2.45, 2.75) is 31.9 Å². The van der Waals surface area contributed by atoms with Crippen LogP contribution in [0, 0.1) is 5.82 Å². The Bertz CT molecular complexity index is 982. The summed E-state index contributed by atoms with van der Waals surface area (Å²) in [5, 5.41) is 2.54. The van der Waals surface area contributed by atoms with E-state index in [0.29, 0.717) is 13.2 Å². The number of hydrogen-bond acceptors (Lipinski definition) is 6. The number of amidine groups is 1. The van der Waals surface area contributed by atoms with Crippen molar-refractivity contribution in [1.29, 1.82) is 0 Å². The summed E-state index contributed by atoms with van der Waals surface area (Å²) in [5.74, 6) is -5.19. The minimum Gasteiger partial charge on any atom is -0.385 e. The maximum absolute atomic E-state index is 14.8. The summed E-state index contributed by atoms with van der Waals surface area (Å²) in [6, 6.07) is 6.58. The summed E-state index contributed by atoms with van der Waals surface area (Å²) in [6.45, 7) is 2.61. The van der Waals surface area contributed by atoms with Crippen LogP contribution in [0.25, 0.3) is 0 Å². The second-order valence-electron chi connectivity index (χ2n) is 7.21. The minimum atomic E-state index is -3.53. The number of rotatable bonds is 6. The van der Waals surface area contributed by atoms with Gasteiger partial charge in [-0.15, -0.1) is 0 Å². The molecule has 1 amide bonds. The number of carbonyl (C=O) groups excluding carboxylic acids is 1. The Morgan fingerprint density at radius 1 is 1.32 bits per heavy atom. The van der Waals surface area contributed by atoms with E-state index in [-0.39, 0.29) is 23.8 Å². The molecule has 1 aliphatic rings. The highest BCUT2D eigenvalue weighted by molar-refractivity contribution is 6.02. The second-order valence-corrected chi connectivity index (χ2v) is 7.21. The second kappa shape index (κ2) is 9.03. The molecule has 0 bridgehead atoms. The third-order valence-corrected chi connectivity index (χ3v) is 4.89. The molecule has 0 fully saturated rings. The predicted octanol–water partition coefficient (Wildman–Crippen LogP) is 3.25. The Morgan fingerprint density at radius 3 is 2.77 bits per heavy atom. The average Bonchev–Trinajstić information content (AvgIpc) is 2.83. The van der Waals surface area contributed by atoms with Gasteiger partial charge in [0.15, 0.2) is 5.54 Å². The maximum atomic E-state index is 14.8. The first-order chi connectivity index (χ1) is 14.7. The number of anilines is 1. The van der Waals surface area contributed by atoms with Crippen LogP contribution < -0.4 is 11.1 Å². The summed E-state index contributed by atoms with van der Waals surface area (Å²) >= 11 is 0. The number of pyridine rings is 1. The number of aliphatic imine (C=N–C) groups is 1. The molecular weight excluding hydrogens is 413 g/mol. The third kappa shape index (κ3) is 4.86. The molecule has 10 heteroatoms. The van der Waals surface area contributed by atoms with Gasteiger partial charge >= 0.3 is 0 Å². The zero-order chi connectivity index (χ0) is 22.6. The molecule has 0 saturated heterocycles. The fraction of sp³-hybridized carbons (Fsp3) is 0.381. The zero-order valence-electron chi connectivity index (χ0n) is 17.1. The predicted molar refractivity (Wildman–Crippen MR) is 109 cm³/mol. The van der Waals surface area contributed by atoms with Crippen LogP contribution in [-0.4, -0.2) is 42.5 Å². The van der Waals surface area contributed by atoms with Crippen LogP contribution >= 0.6 is 0 Å². The number of alkyl halides is 2. The van der Waals surface area contributed by atoms with Crippen LogP contribution in [-0.2, 0) is 21.6 Å².